The molecule has 1 aliphatic carbocycles. The van der Waals surface area contributed by atoms with E-state index in [-0.39, 0.29) is 0 Å². The molecule has 1 unspecified atom stereocenters. The summed E-state index contributed by atoms with van der Waals surface area (Å²) in [7, 11) is 0. The van der Waals surface area contributed by atoms with Gasteiger partial charge in [0.15, 0.2) is 0 Å². The fraction of sp³-hybridized carbons (Fsp3) is 0.600. The molecule has 0 radical (unpaired) electrons. The van der Waals surface area contributed by atoms with Crippen LogP contribution >= 0.6 is 0 Å². The van der Waals surface area contributed by atoms with Crippen LogP contribution < -0.4 is 0 Å². The van der Waals surface area contributed by atoms with E-state index in [1.165, 1.54) is 32.1 Å². The van der Waals surface area contributed by atoms with E-state index in [9.17, 15) is 5.11 Å². The van der Waals surface area contributed by atoms with Gasteiger partial charge in [-0.2, -0.15) is 0 Å². The van der Waals surface area contributed by atoms with Gasteiger partial charge in [-0.3, -0.25) is 0 Å². The second kappa shape index (κ2) is 5.54. The second-order valence-electron chi connectivity index (χ2n) is 5.01. The van der Waals surface area contributed by atoms with Crippen molar-refractivity contribution in [2.45, 2.75) is 51.0 Å². The fourth-order valence-electron chi connectivity index (χ4n) is 2.52. The topological polar surface area (TPSA) is 33.4 Å². The van der Waals surface area contributed by atoms with Gasteiger partial charge >= 0.3 is 0 Å². The molecule has 0 saturated heterocycles. The molecule has 17 heavy (non-hydrogen) atoms. The van der Waals surface area contributed by atoms with Gasteiger partial charge in [-0.15, -0.1) is 0 Å². The highest BCUT2D eigenvalue weighted by molar-refractivity contribution is 5.17. The highest BCUT2D eigenvalue weighted by Crippen LogP contribution is 2.30. The van der Waals surface area contributed by atoms with Gasteiger partial charge in [0.25, 0.3) is 0 Å². The van der Waals surface area contributed by atoms with Crippen molar-refractivity contribution >= 4 is 0 Å². The van der Waals surface area contributed by atoms with Crippen LogP contribution in [0.25, 0.3) is 0 Å². The fourth-order valence-corrected chi connectivity index (χ4v) is 2.52. The van der Waals surface area contributed by atoms with Crippen LogP contribution in [0.1, 0.15) is 51.2 Å². The van der Waals surface area contributed by atoms with Gasteiger partial charge in [0, 0.05) is 0 Å². The van der Waals surface area contributed by atoms with E-state index < -0.39 is 5.60 Å². The summed E-state index contributed by atoms with van der Waals surface area (Å²) in [6.45, 7) is 1.98. The van der Waals surface area contributed by atoms with Crippen molar-refractivity contribution < 1.29 is 9.52 Å². The molecule has 2 heteroatoms. The molecule has 1 aromatic heterocycles. The Morgan fingerprint density at radius 3 is 2.76 bits per heavy atom. The molecule has 1 fully saturated rings. The highest BCUT2D eigenvalue weighted by atomic mass is 16.4. The molecule has 1 N–H and O–H groups in total. The smallest absolute Gasteiger partial charge is 0.140 e. The summed E-state index contributed by atoms with van der Waals surface area (Å²) in [4.78, 5) is 0. The lowest BCUT2D eigenvalue weighted by Crippen LogP contribution is -2.21. The van der Waals surface area contributed by atoms with E-state index in [0.29, 0.717) is 18.1 Å². The largest absolute Gasteiger partial charge is 0.466 e. The number of aliphatic hydroxyl groups is 1. The predicted molar refractivity (Wildman–Crippen MR) is 68.6 cm³/mol. The maximum Gasteiger partial charge on any atom is 0.140 e. The quantitative estimate of drug-likeness (QED) is 0.798. The van der Waals surface area contributed by atoms with Crippen molar-refractivity contribution in [1.82, 2.24) is 0 Å². The first-order valence-electron chi connectivity index (χ1n) is 6.70. The van der Waals surface area contributed by atoms with Crippen LogP contribution in [0.5, 0.6) is 0 Å². The Hall–Kier alpha value is -1.02. The van der Waals surface area contributed by atoms with E-state index in [1.807, 2.05) is 25.1 Å². The maximum absolute atomic E-state index is 10.5. The monoisotopic (exact) mass is 234 g/mol. The van der Waals surface area contributed by atoms with Gasteiger partial charge in [0.1, 0.15) is 11.4 Å². The molecule has 1 aromatic rings. The average Bonchev–Trinajstić information content (AvgIpc) is 2.92. The predicted octanol–water partition coefficient (Wildman–Crippen LogP) is 4.01. The van der Waals surface area contributed by atoms with Gasteiger partial charge in [-0.1, -0.05) is 32.3 Å². The summed E-state index contributed by atoms with van der Waals surface area (Å²) in [6.07, 6.45) is 12.9. The Morgan fingerprint density at radius 2 is 2.18 bits per heavy atom. The first-order chi connectivity index (χ1) is 8.24. The third kappa shape index (κ3) is 3.01. The van der Waals surface area contributed by atoms with E-state index in [0.717, 1.165) is 0 Å². The van der Waals surface area contributed by atoms with E-state index in [1.54, 1.807) is 6.26 Å². The standard InChI is InChI=1S/C15H22O2/c1-2-15(16,14-9-6-12-17-14)11-10-13-7-4-3-5-8-13/h6,9-13,16H,2-5,7-8H2,1H3. The molecule has 1 aliphatic rings. The molecule has 0 aliphatic heterocycles. The number of rotatable bonds is 4. The van der Waals surface area contributed by atoms with Crippen LogP contribution in [0.3, 0.4) is 0 Å². The normalized spacial score (nSPS) is 21.8. The van der Waals surface area contributed by atoms with Gasteiger partial charge in [0.2, 0.25) is 0 Å². The van der Waals surface area contributed by atoms with Crippen LogP contribution in [0, 0.1) is 5.92 Å². The minimum Gasteiger partial charge on any atom is -0.466 e. The Bertz CT molecular complexity index is 347. The minimum atomic E-state index is -0.930. The third-order valence-electron chi connectivity index (χ3n) is 3.78. The van der Waals surface area contributed by atoms with Crippen LogP contribution in [0.4, 0.5) is 0 Å². The summed E-state index contributed by atoms with van der Waals surface area (Å²) in [5.74, 6) is 1.28. The molecule has 1 saturated carbocycles. The highest BCUT2D eigenvalue weighted by Gasteiger charge is 2.27. The van der Waals surface area contributed by atoms with Crippen LogP contribution in [0.2, 0.25) is 0 Å². The molecule has 1 heterocycles. The molecule has 94 valence electrons. The zero-order valence-corrected chi connectivity index (χ0v) is 10.6. The Labute approximate surface area is 103 Å². The van der Waals surface area contributed by atoms with E-state index in [4.69, 9.17) is 4.42 Å². The Kier molecular flexibility index (Phi) is 4.06. The average molecular weight is 234 g/mol. The van der Waals surface area contributed by atoms with Gasteiger partial charge < -0.3 is 9.52 Å². The summed E-state index contributed by atoms with van der Waals surface area (Å²) < 4.78 is 5.33. The van der Waals surface area contributed by atoms with Crippen LogP contribution in [-0.4, -0.2) is 5.11 Å². The third-order valence-corrected chi connectivity index (χ3v) is 3.78. The van der Waals surface area contributed by atoms with Crippen molar-refractivity contribution in [3.8, 4) is 0 Å². The van der Waals surface area contributed by atoms with Crippen molar-refractivity contribution in [3.05, 3.63) is 36.3 Å². The minimum absolute atomic E-state index is 0.636. The van der Waals surface area contributed by atoms with Crippen molar-refractivity contribution in [2.24, 2.45) is 5.92 Å². The van der Waals surface area contributed by atoms with Gasteiger partial charge in [-0.25, -0.2) is 0 Å². The van der Waals surface area contributed by atoms with Crippen LogP contribution in [-0.2, 0) is 5.60 Å². The first kappa shape index (κ1) is 12.4. The summed E-state index contributed by atoms with van der Waals surface area (Å²) >= 11 is 0. The maximum atomic E-state index is 10.5. The molecular formula is C15H22O2. The lowest BCUT2D eigenvalue weighted by molar-refractivity contribution is 0.0601. The lowest BCUT2D eigenvalue weighted by atomic mass is 9.87. The van der Waals surface area contributed by atoms with Gasteiger partial charge in [-0.05, 0) is 43.4 Å². The van der Waals surface area contributed by atoms with Crippen molar-refractivity contribution in [1.29, 1.82) is 0 Å². The zero-order valence-electron chi connectivity index (χ0n) is 10.6. The second-order valence-corrected chi connectivity index (χ2v) is 5.01. The lowest BCUT2D eigenvalue weighted by Gasteiger charge is -2.23. The van der Waals surface area contributed by atoms with Crippen LogP contribution in [0.15, 0.2) is 35.0 Å². The van der Waals surface area contributed by atoms with E-state index >= 15 is 0 Å². The number of allylic oxidation sites excluding steroid dienone is 1. The van der Waals surface area contributed by atoms with Crippen molar-refractivity contribution in [3.63, 3.8) is 0 Å². The molecule has 0 amide bonds. The number of hydrogen-bond acceptors (Lipinski definition) is 2. The van der Waals surface area contributed by atoms with E-state index in [2.05, 4.69) is 6.08 Å². The Morgan fingerprint density at radius 1 is 1.41 bits per heavy atom. The number of hydrogen-bond donors (Lipinski definition) is 1. The number of furan rings is 1. The molecule has 1 atom stereocenters. The Balaban J connectivity index is 2.05. The molecule has 2 rings (SSSR count). The molecule has 0 spiro atoms. The summed E-state index contributed by atoms with van der Waals surface area (Å²) in [5.41, 5.74) is -0.930. The van der Waals surface area contributed by atoms with Gasteiger partial charge in [0.05, 0.1) is 6.26 Å². The molecule has 2 nitrogen and oxygen atoms in total. The summed E-state index contributed by atoms with van der Waals surface area (Å²) in [5, 5.41) is 10.5. The zero-order chi connectivity index (χ0) is 12.1. The SMILES string of the molecule is CCC(O)(C=CC1CCCCC1)c1ccco1. The van der Waals surface area contributed by atoms with Crippen molar-refractivity contribution in [2.75, 3.05) is 0 Å². The first-order valence-corrected chi connectivity index (χ1v) is 6.70. The molecule has 0 bridgehead atoms. The summed E-state index contributed by atoms with van der Waals surface area (Å²) in [6, 6.07) is 3.67. The molecule has 0 aromatic carbocycles. The molecular weight excluding hydrogens is 212 g/mol.